The summed E-state index contributed by atoms with van der Waals surface area (Å²) >= 11 is 2.67. The van der Waals surface area contributed by atoms with Gasteiger partial charge < -0.3 is 4.90 Å². The quantitative estimate of drug-likeness (QED) is 0.638. The lowest BCUT2D eigenvalue weighted by molar-refractivity contribution is -0.387. The van der Waals surface area contributed by atoms with Crippen LogP contribution in [0.15, 0.2) is 32.8 Å². The van der Waals surface area contributed by atoms with Crippen molar-refractivity contribution in [1.82, 2.24) is 9.88 Å². The minimum absolute atomic E-state index is 0.0828. The van der Waals surface area contributed by atoms with Crippen molar-refractivity contribution >= 4 is 34.7 Å². The van der Waals surface area contributed by atoms with E-state index in [0.717, 1.165) is 10.0 Å². The van der Waals surface area contributed by atoms with Crippen LogP contribution in [0.3, 0.4) is 0 Å². The summed E-state index contributed by atoms with van der Waals surface area (Å²) < 4.78 is 0.738. The van der Waals surface area contributed by atoms with Gasteiger partial charge in [-0.1, -0.05) is 11.8 Å². The third-order valence-electron chi connectivity index (χ3n) is 2.60. The zero-order chi connectivity index (χ0) is 15.6. The zero-order valence-corrected chi connectivity index (χ0v) is 13.3. The molecule has 1 aromatic heterocycles. The number of nitro benzene ring substituents is 1. The number of rotatable bonds is 4. The highest BCUT2D eigenvalue weighted by molar-refractivity contribution is 8.01. The highest BCUT2D eigenvalue weighted by atomic mass is 32.2. The van der Waals surface area contributed by atoms with Crippen molar-refractivity contribution in [2.24, 2.45) is 0 Å². The molecule has 0 atom stereocenters. The highest BCUT2D eigenvalue weighted by Crippen LogP contribution is 2.36. The molecule has 0 saturated heterocycles. The first-order chi connectivity index (χ1) is 9.88. The number of thiazole rings is 1. The predicted octanol–water partition coefficient (Wildman–Crippen LogP) is 3.21. The second-order valence-electron chi connectivity index (χ2n) is 4.50. The van der Waals surface area contributed by atoms with Gasteiger partial charge >= 0.3 is 0 Å². The van der Waals surface area contributed by atoms with Gasteiger partial charge in [0, 0.05) is 36.8 Å². The number of aryl methyl sites for hydroxylation is 1. The van der Waals surface area contributed by atoms with Crippen LogP contribution in [0.5, 0.6) is 0 Å². The third-order valence-corrected chi connectivity index (χ3v) is 4.73. The Kier molecular flexibility index (Phi) is 4.59. The smallest absolute Gasteiger partial charge is 0.284 e. The van der Waals surface area contributed by atoms with Crippen LogP contribution in [0, 0.1) is 17.0 Å². The summed E-state index contributed by atoms with van der Waals surface area (Å²) in [6.07, 6.45) is 0. The van der Waals surface area contributed by atoms with Crippen LogP contribution in [-0.4, -0.2) is 34.8 Å². The van der Waals surface area contributed by atoms with E-state index in [4.69, 9.17) is 0 Å². The van der Waals surface area contributed by atoms with Gasteiger partial charge in [0.15, 0.2) is 4.34 Å². The summed E-state index contributed by atoms with van der Waals surface area (Å²) in [6, 6.07) is 4.50. The van der Waals surface area contributed by atoms with Gasteiger partial charge in [-0.2, -0.15) is 0 Å². The molecule has 0 aliphatic heterocycles. The van der Waals surface area contributed by atoms with Crippen molar-refractivity contribution in [3.05, 3.63) is 45.0 Å². The molecule has 0 fully saturated rings. The van der Waals surface area contributed by atoms with Crippen LogP contribution in [-0.2, 0) is 0 Å². The van der Waals surface area contributed by atoms with E-state index in [2.05, 4.69) is 4.98 Å². The zero-order valence-electron chi connectivity index (χ0n) is 11.7. The van der Waals surface area contributed by atoms with Crippen molar-refractivity contribution in [3.8, 4) is 0 Å². The molecule has 8 heteroatoms. The standard InChI is InChI=1S/C13H13N3O3S2/c1-8-7-20-13(14-8)21-11-5-4-9(12(17)15(2)3)6-10(11)16(18)19/h4-7H,1-3H3. The Balaban J connectivity index is 2.38. The SMILES string of the molecule is Cc1csc(Sc2ccc(C(=O)N(C)C)cc2[N+](=O)[O-])n1. The first-order valence-corrected chi connectivity index (χ1v) is 7.68. The van der Waals surface area contributed by atoms with Gasteiger partial charge in [-0.25, -0.2) is 4.98 Å². The number of benzene rings is 1. The molecule has 0 bridgehead atoms. The fourth-order valence-electron chi connectivity index (χ4n) is 1.61. The summed E-state index contributed by atoms with van der Waals surface area (Å²) in [6.45, 7) is 1.87. The van der Waals surface area contributed by atoms with E-state index in [1.165, 1.54) is 34.1 Å². The Morgan fingerprint density at radius 2 is 2.14 bits per heavy atom. The van der Waals surface area contributed by atoms with Crippen LogP contribution in [0.1, 0.15) is 16.1 Å². The Labute approximate surface area is 130 Å². The molecular weight excluding hydrogens is 310 g/mol. The molecule has 0 N–H and O–H groups in total. The lowest BCUT2D eigenvalue weighted by Gasteiger charge is -2.10. The van der Waals surface area contributed by atoms with Crippen LogP contribution in [0.2, 0.25) is 0 Å². The lowest BCUT2D eigenvalue weighted by atomic mass is 10.2. The van der Waals surface area contributed by atoms with E-state index in [0.29, 0.717) is 10.5 Å². The van der Waals surface area contributed by atoms with Crippen LogP contribution in [0.4, 0.5) is 5.69 Å². The molecule has 21 heavy (non-hydrogen) atoms. The summed E-state index contributed by atoms with van der Waals surface area (Å²) in [5.41, 5.74) is 1.09. The number of hydrogen-bond donors (Lipinski definition) is 0. The molecule has 1 aromatic carbocycles. The number of hydrogen-bond acceptors (Lipinski definition) is 6. The number of amides is 1. The van der Waals surface area contributed by atoms with Gasteiger partial charge in [-0.15, -0.1) is 11.3 Å². The predicted molar refractivity (Wildman–Crippen MR) is 82.1 cm³/mol. The van der Waals surface area contributed by atoms with Crippen molar-refractivity contribution in [3.63, 3.8) is 0 Å². The van der Waals surface area contributed by atoms with Gasteiger partial charge in [0.25, 0.3) is 11.6 Å². The summed E-state index contributed by atoms with van der Waals surface area (Å²) in [5.74, 6) is -0.264. The number of aromatic nitrogens is 1. The first kappa shape index (κ1) is 15.5. The molecule has 0 aliphatic carbocycles. The average Bonchev–Trinajstić information content (AvgIpc) is 2.83. The Bertz CT molecular complexity index is 698. The maximum atomic E-state index is 11.9. The molecule has 1 heterocycles. The summed E-state index contributed by atoms with van der Waals surface area (Å²) in [4.78, 5) is 28.8. The molecule has 0 unspecified atom stereocenters. The molecule has 0 radical (unpaired) electrons. The van der Waals surface area contributed by atoms with Crippen molar-refractivity contribution < 1.29 is 9.72 Å². The largest absolute Gasteiger partial charge is 0.345 e. The Hall–Kier alpha value is -1.93. The Morgan fingerprint density at radius 1 is 1.43 bits per heavy atom. The van der Waals surface area contributed by atoms with Crippen LogP contribution in [0.25, 0.3) is 0 Å². The normalized spacial score (nSPS) is 10.4. The van der Waals surface area contributed by atoms with E-state index in [1.54, 1.807) is 26.2 Å². The van der Waals surface area contributed by atoms with E-state index >= 15 is 0 Å². The maximum absolute atomic E-state index is 11.9. The van der Waals surface area contributed by atoms with E-state index in [1.807, 2.05) is 12.3 Å². The van der Waals surface area contributed by atoms with Crippen LogP contribution < -0.4 is 0 Å². The van der Waals surface area contributed by atoms with Crippen molar-refractivity contribution in [2.45, 2.75) is 16.2 Å². The maximum Gasteiger partial charge on any atom is 0.284 e. The van der Waals surface area contributed by atoms with Crippen LogP contribution >= 0.6 is 23.1 Å². The van der Waals surface area contributed by atoms with Gasteiger partial charge in [-0.05, 0) is 19.1 Å². The fraction of sp³-hybridized carbons (Fsp3) is 0.231. The second kappa shape index (κ2) is 6.23. The highest BCUT2D eigenvalue weighted by Gasteiger charge is 2.20. The lowest BCUT2D eigenvalue weighted by Crippen LogP contribution is -2.21. The number of carbonyl (C=O) groups is 1. The molecule has 2 rings (SSSR count). The average molecular weight is 323 g/mol. The van der Waals surface area contributed by atoms with Gasteiger partial charge in [0.1, 0.15) is 0 Å². The van der Waals surface area contributed by atoms with E-state index in [-0.39, 0.29) is 11.6 Å². The molecule has 0 aliphatic rings. The molecule has 1 amide bonds. The Morgan fingerprint density at radius 3 is 2.67 bits per heavy atom. The summed E-state index contributed by atoms with van der Waals surface area (Å²) in [5, 5.41) is 13.1. The van der Waals surface area contributed by atoms with Gasteiger partial charge in [0.2, 0.25) is 0 Å². The van der Waals surface area contributed by atoms with Gasteiger partial charge in [-0.3, -0.25) is 14.9 Å². The summed E-state index contributed by atoms with van der Waals surface area (Å²) in [7, 11) is 3.21. The number of nitro groups is 1. The monoisotopic (exact) mass is 323 g/mol. The molecule has 0 saturated carbocycles. The minimum Gasteiger partial charge on any atom is -0.345 e. The minimum atomic E-state index is -0.477. The molecule has 110 valence electrons. The number of carbonyl (C=O) groups excluding carboxylic acids is 1. The molecular formula is C13H13N3O3S2. The number of nitrogens with zero attached hydrogens (tertiary/aromatic N) is 3. The van der Waals surface area contributed by atoms with E-state index < -0.39 is 4.92 Å². The van der Waals surface area contributed by atoms with Crippen molar-refractivity contribution in [2.75, 3.05) is 14.1 Å². The third kappa shape index (κ3) is 3.59. The van der Waals surface area contributed by atoms with Crippen molar-refractivity contribution in [1.29, 1.82) is 0 Å². The molecule has 0 spiro atoms. The topological polar surface area (TPSA) is 76.3 Å². The van der Waals surface area contributed by atoms with E-state index in [9.17, 15) is 14.9 Å². The fourth-order valence-corrected chi connectivity index (χ4v) is 3.49. The van der Waals surface area contributed by atoms with Gasteiger partial charge in [0.05, 0.1) is 9.82 Å². The molecule has 2 aromatic rings. The first-order valence-electron chi connectivity index (χ1n) is 5.98. The second-order valence-corrected chi connectivity index (χ2v) is 6.64. The molecule has 6 nitrogen and oxygen atoms in total.